The predicted molar refractivity (Wildman–Crippen MR) is 75.2 cm³/mol. The highest BCUT2D eigenvalue weighted by Crippen LogP contribution is 2.14. The molecule has 0 spiro atoms. The number of carbonyl (C=O) groups is 1. The lowest BCUT2D eigenvalue weighted by molar-refractivity contribution is 0.00600. The largest absolute Gasteiger partial charge is 0.444 e. The molecule has 0 aliphatic carbocycles. The van der Waals surface area contributed by atoms with E-state index in [1.807, 2.05) is 20.8 Å². The molecule has 0 aromatic heterocycles. The van der Waals surface area contributed by atoms with Gasteiger partial charge in [0.25, 0.3) is 0 Å². The molecule has 0 radical (unpaired) electrons. The van der Waals surface area contributed by atoms with Crippen LogP contribution < -0.4 is 0 Å². The summed E-state index contributed by atoms with van der Waals surface area (Å²) in [5, 5.41) is 9.39. The minimum atomic E-state index is -0.440. The molecule has 1 unspecified atom stereocenters. The molecule has 0 saturated carbocycles. The second-order valence-corrected chi connectivity index (χ2v) is 6.13. The van der Waals surface area contributed by atoms with Gasteiger partial charge in [0.2, 0.25) is 0 Å². The predicted octanol–water partition coefficient (Wildman–Crippen LogP) is 1.70. The summed E-state index contributed by atoms with van der Waals surface area (Å²) in [4.78, 5) is 15.9. The van der Waals surface area contributed by atoms with Gasteiger partial charge in [-0.15, -0.1) is 0 Å². The Kier molecular flexibility index (Phi) is 6.07. The summed E-state index contributed by atoms with van der Waals surface area (Å²) in [6, 6.07) is 0.228. The molecule has 0 aromatic carbocycles. The van der Waals surface area contributed by atoms with E-state index in [0.717, 1.165) is 25.9 Å². The van der Waals surface area contributed by atoms with Gasteiger partial charge < -0.3 is 14.7 Å². The summed E-state index contributed by atoms with van der Waals surface area (Å²) in [5.41, 5.74) is -0.440. The fraction of sp³-hybridized carbons (Fsp3) is 0.929. The molecule has 112 valence electrons. The molecular formula is C14H28N2O3. The van der Waals surface area contributed by atoms with Gasteiger partial charge in [0.1, 0.15) is 5.60 Å². The quantitative estimate of drug-likeness (QED) is 0.846. The van der Waals surface area contributed by atoms with E-state index in [0.29, 0.717) is 13.1 Å². The lowest BCUT2D eigenvalue weighted by Crippen LogP contribution is -2.53. The van der Waals surface area contributed by atoms with Crippen molar-refractivity contribution in [3.05, 3.63) is 0 Å². The van der Waals surface area contributed by atoms with E-state index < -0.39 is 5.60 Å². The van der Waals surface area contributed by atoms with Gasteiger partial charge in [-0.3, -0.25) is 4.90 Å². The van der Waals surface area contributed by atoms with Crippen molar-refractivity contribution in [3.8, 4) is 0 Å². The van der Waals surface area contributed by atoms with Crippen molar-refractivity contribution in [2.75, 3.05) is 32.8 Å². The molecule has 5 heteroatoms. The summed E-state index contributed by atoms with van der Waals surface area (Å²) < 4.78 is 5.37. The van der Waals surface area contributed by atoms with Crippen LogP contribution in [0.4, 0.5) is 4.79 Å². The van der Waals surface area contributed by atoms with Crippen molar-refractivity contribution in [1.29, 1.82) is 0 Å². The van der Waals surface area contributed by atoms with E-state index in [-0.39, 0.29) is 18.7 Å². The van der Waals surface area contributed by atoms with Crippen LogP contribution in [-0.2, 0) is 4.74 Å². The number of hydrogen-bond donors (Lipinski definition) is 1. The second-order valence-electron chi connectivity index (χ2n) is 6.13. The van der Waals surface area contributed by atoms with Gasteiger partial charge >= 0.3 is 6.09 Å². The topological polar surface area (TPSA) is 53.0 Å². The second kappa shape index (κ2) is 7.10. The average molecular weight is 272 g/mol. The van der Waals surface area contributed by atoms with E-state index in [1.54, 1.807) is 4.90 Å². The molecule has 5 nitrogen and oxygen atoms in total. The van der Waals surface area contributed by atoms with Crippen molar-refractivity contribution in [1.82, 2.24) is 9.80 Å². The number of aliphatic hydroxyl groups excluding tert-OH is 1. The molecule has 1 saturated heterocycles. The van der Waals surface area contributed by atoms with Crippen LogP contribution in [0, 0.1) is 0 Å². The molecule has 1 fully saturated rings. The molecule has 1 heterocycles. The van der Waals surface area contributed by atoms with Crippen LogP contribution in [0.2, 0.25) is 0 Å². The maximum absolute atomic E-state index is 11.9. The van der Waals surface area contributed by atoms with E-state index in [1.165, 1.54) is 0 Å². The summed E-state index contributed by atoms with van der Waals surface area (Å²) >= 11 is 0. The molecule has 1 aliphatic rings. The zero-order valence-corrected chi connectivity index (χ0v) is 12.7. The van der Waals surface area contributed by atoms with E-state index in [2.05, 4.69) is 11.8 Å². The normalized spacial score (nSPS) is 19.3. The number of nitrogens with zero attached hydrogens (tertiary/aromatic N) is 2. The monoisotopic (exact) mass is 272 g/mol. The SMILES string of the molecule is CCCC(CO)N1CCN(C(=O)OC(C)(C)C)CC1. The first kappa shape index (κ1) is 16.2. The van der Waals surface area contributed by atoms with E-state index in [9.17, 15) is 9.90 Å². The van der Waals surface area contributed by atoms with Crippen LogP contribution in [0.1, 0.15) is 40.5 Å². The Bertz CT molecular complexity index is 281. The molecule has 1 atom stereocenters. The lowest BCUT2D eigenvalue weighted by atomic mass is 10.1. The van der Waals surface area contributed by atoms with Crippen molar-refractivity contribution in [2.45, 2.75) is 52.2 Å². The number of amides is 1. The Labute approximate surface area is 116 Å². The maximum atomic E-state index is 11.9. The van der Waals surface area contributed by atoms with Gasteiger partial charge in [0, 0.05) is 32.2 Å². The Morgan fingerprint density at radius 3 is 2.26 bits per heavy atom. The van der Waals surface area contributed by atoms with Crippen molar-refractivity contribution >= 4 is 6.09 Å². The van der Waals surface area contributed by atoms with Crippen LogP contribution >= 0.6 is 0 Å². The number of ether oxygens (including phenoxy) is 1. The Morgan fingerprint density at radius 2 is 1.84 bits per heavy atom. The molecule has 1 aliphatic heterocycles. The fourth-order valence-corrected chi connectivity index (χ4v) is 2.32. The first-order valence-electron chi connectivity index (χ1n) is 7.20. The highest BCUT2D eigenvalue weighted by molar-refractivity contribution is 5.68. The van der Waals surface area contributed by atoms with E-state index in [4.69, 9.17) is 4.74 Å². The molecule has 0 bridgehead atoms. The number of rotatable bonds is 4. The first-order chi connectivity index (χ1) is 8.87. The van der Waals surface area contributed by atoms with Gasteiger partial charge in [-0.05, 0) is 27.2 Å². The third-order valence-electron chi connectivity index (χ3n) is 3.32. The van der Waals surface area contributed by atoms with Crippen molar-refractivity contribution < 1.29 is 14.6 Å². The van der Waals surface area contributed by atoms with Gasteiger partial charge in [0.05, 0.1) is 6.61 Å². The summed E-state index contributed by atoms with van der Waals surface area (Å²) in [7, 11) is 0. The van der Waals surface area contributed by atoms with Crippen LogP contribution in [-0.4, -0.2) is 65.4 Å². The lowest BCUT2D eigenvalue weighted by Gasteiger charge is -2.39. The standard InChI is InChI=1S/C14H28N2O3/c1-5-6-12(11-17)15-7-9-16(10-8-15)13(18)19-14(2,3)4/h12,17H,5-11H2,1-4H3. The van der Waals surface area contributed by atoms with Crippen molar-refractivity contribution in [3.63, 3.8) is 0 Å². The molecule has 1 amide bonds. The van der Waals surface area contributed by atoms with Crippen LogP contribution in [0.5, 0.6) is 0 Å². The van der Waals surface area contributed by atoms with E-state index >= 15 is 0 Å². The number of aliphatic hydroxyl groups is 1. The Hall–Kier alpha value is -0.810. The first-order valence-corrected chi connectivity index (χ1v) is 7.20. The number of piperazine rings is 1. The van der Waals surface area contributed by atoms with Crippen LogP contribution in [0.3, 0.4) is 0 Å². The molecule has 1 N–H and O–H groups in total. The zero-order valence-electron chi connectivity index (χ0n) is 12.7. The molecule has 1 rings (SSSR count). The molecule has 19 heavy (non-hydrogen) atoms. The van der Waals surface area contributed by atoms with Crippen molar-refractivity contribution in [2.24, 2.45) is 0 Å². The van der Waals surface area contributed by atoms with Crippen LogP contribution in [0.25, 0.3) is 0 Å². The number of hydrogen-bond acceptors (Lipinski definition) is 4. The summed E-state index contributed by atoms with van der Waals surface area (Å²) in [5.74, 6) is 0. The summed E-state index contributed by atoms with van der Waals surface area (Å²) in [6.45, 7) is 10.9. The highest BCUT2D eigenvalue weighted by atomic mass is 16.6. The van der Waals surface area contributed by atoms with Gasteiger partial charge in [0.15, 0.2) is 0 Å². The summed E-state index contributed by atoms with van der Waals surface area (Å²) in [6.07, 6.45) is 1.84. The molecule has 0 aromatic rings. The average Bonchev–Trinajstić information content (AvgIpc) is 2.34. The smallest absolute Gasteiger partial charge is 0.410 e. The van der Waals surface area contributed by atoms with Gasteiger partial charge in [-0.25, -0.2) is 4.79 Å². The van der Waals surface area contributed by atoms with Gasteiger partial charge in [-0.2, -0.15) is 0 Å². The maximum Gasteiger partial charge on any atom is 0.410 e. The van der Waals surface area contributed by atoms with Crippen LogP contribution in [0.15, 0.2) is 0 Å². The number of carbonyl (C=O) groups excluding carboxylic acids is 1. The Morgan fingerprint density at radius 1 is 1.26 bits per heavy atom. The van der Waals surface area contributed by atoms with Gasteiger partial charge in [-0.1, -0.05) is 13.3 Å². The third-order valence-corrected chi connectivity index (χ3v) is 3.32. The minimum absolute atomic E-state index is 0.195. The highest BCUT2D eigenvalue weighted by Gasteiger charge is 2.28. The third kappa shape index (κ3) is 5.37. The molecular weight excluding hydrogens is 244 g/mol. The fourth-order valence-electron chi connectivity index (χ4n) is 2.32. The Balaban J connectivity index is 2.42. The minimum Gasteiger partial charge on any atom is -0.444 e. The zero-order chi connectivity index (χ0) is 14.5.